The fourth-order valence-electron chi connectivity index (χ4n) is 3.32. The van der Waals surface area contributed by atoms with E-state index in [0.29, 0.717) is 16.0 Å². The van der Waals surface area contributed by atoms with Crippen LogP contribution in [0.25, 0.3) is 0 Å². The Morgan fingerprint density at radius 1 is 1.32 bits per heavy atom. The third kappa shape index (κ3) is 3.08. The lowest BCUT2D eigenvalue weighted by atomic mass is 9.65. The molecular weight excluding hydrogens is 279 g/mol. The van der Waals surface area contributed by atoms with E-state index >= 15 is 0 Å². The second-order valence-electron chi connectivity index (χ2n) is 6.13. The molecule has 0 aliphatic heterocycles. The summed E-state index contributed by atoms with van der Waals surface area (Å²) in [5.74, 6) is 6.30. The van der Waals surface area contributed by atoms with E-state index in [9.17, 15) is 0 Å². The van der Waals surface area contributed by atoms with E-state index in [-0.39, 0.29) is 11.5 Å². The maximum absolute atomic E-state index is 6.35. The summed E-state index contributed by atoms with van der Waals surface area (Å²) in [6.45, 7) is 4.64. The Morgan fingerprint density at radius 3 is 2.68 bits per heavy atom. The first-order valence-electron chi connectivity index (χ1n) is 6.87. The van der Waals surface area contributed by atoms with Crippen LogP contribution in [0.1, 0.15) is 51.1 Å². The Bertz CT molecular complexity index is 446. The summed E-state index contributed by atoms with van der Waals surface area (Å²) in [6, 6.07) is 5.82. The molecule has 1 aromatic rings. The smallest absolute Gasteiger partial charge is 0.0640 e. The lowest BCUT2D eigenvalue weighted by molar-refractivity contribution is 0.0983. The van der Waals surface area contributed by atoms with Crippen LogP contribution >= 0.6 is 23.2 Å². The molecule has 0 aromatic heterocycles. The molecule has 2 rings (SSSR count). The zero-order valence-electron chi connectivity index (χ0n) is 11.5. The molecule has 1 aliphatic carbocycles. The number of rotatable bonds is 3. The summed E-state index contributed by atoms with van der Waals surface area (Å²) in [4.78, 5) is 0. The van der Waals surface area contributed by atoms with Gasteiger partial charge in [-0.1, -0.05) is 62.0 Å². The number of hydrogen-bond donors (Lipinski definition) is 2. The van der Waals surface area contributed by atoms with Crippen molar-refractivity contribution >= 4 is 23.2 Å². The van der Waals surface area contributed by atoms with Gasteiger partial charge in [0.05, 0.1) is 16.1 Å². The van der Waals surface area contributed by atoms with Gasteiger partial charge in [-0.25, -0.2) is 0 Å². The van der Waals surface area contributed by atoms with Crippen LogP contribution in [0.2, 0.25) is 10.0 Å². The summed E-state index contributed by atoms with van der Waals surface area (Å²) < 4.78 is 0. The van der Waals surface area contributed by atoms with Crippen LogP contribution in [-0.2, 0) is 0 Å². The number of nitrogens with two attached hydrogens (primary N) is 1. The molecule has 19 heavy (non-hydrogen) atoms. The van der Waals surface area contributed by atoms with E-state index < -0.39 is 0 Å². The van der Waals surface area contributed by atoms with Crippen LogP contribution in [0, 0.1) is 11.3 Å². The van der Waals surface area contributed by atoms with Crippen molar-refractivity contribution in [2.24, 2.45) is 17.2 Å². The molecule has 4 heteroatoms. The van der Waals surface area contributed by atoms with E-state index in [0.717, 1.165) is 5.56 Å². The van der Waals surface area contributed by atoms with Gasteiger partial charge in [-0.05, 0) is 35.8 Å². The van der Waals surface area contributed by atoms with Crippen LogP contribution < -0.4 is 11.3 Å². The van der Waals surface area contributed by atoms with Crippen LogP contribution in [0.15, 0.2) is 18.2 Å². The van der Waals surface area contributed by atoms with Gasteiger partial charge in [0, 0.05) is 0 Å². The highest BCUT2D eigenvalue weighted by atomic mass is 35.5. The molecule has 1 aliphatic rings. The summed E-state index contributed by atoms with van der Waals surface area (Å²) in [5, 5.41) is 1.21. The van der Waals surface area contributed by atoms with Crippen LogP contribution in [0.5, 0.6) is 0 Å². The van der Waals surface area contributed by atoms with Gasteiger partial charge >= 0.3 is 0 Å². The van der Waals surface area contributed by atoms with Crippen LogP contribution in [-0.4, -0.2) is 0 Å². The van der Waals surface area contributed by atoms with Crippen molar-refractivity contribution < 1.29 is 0 Å². The maximum Gasteiger partial charge on any atom is 0.0640 e. The van der Waals surface area contributed by atoms with Crippen LogP contribution in [0.3, 0.4) is 0 Å². The van der Waals surface area contributed by atoms with Gasteiger partial charge in [0.15, 0.2) is 0 Å². The highest BCUT2D eigenvalue weighted by molar-refractivity contribution is 6.42. The average molecular weight is 301 g/mol. The maximum atomic E-state index is 6.35. The van der Waals surface area contributed by atoms with Gasteiger partial charge < -0.3 is 0 Å². The van der Waals surface area contributed by atoms with E-state index in [2.05, 4.69) is 19.3 Å². The predicted octanol–water partition coefficient (Wildman–Crippen LogP) is 4.71. The lowest BCUT2D eigenvalue weighted by Crippen LogP contribution is -2.41. The van der Waals surface area contributed by atoms with Crippen molar-refractivity contribution in [1.82, 2.24) is 5.43 Å². The fraction of sp³-hybridized carbons (Fsp3) is 0.600. The van der Waals surface area contributed by atoms with Gasteiger partial charge in [0.2, 0.25) is 0 Å². The molecule has 1 aromatic carbocycles. The Morgan fingerprint density at radius 2 is 2.05 bits per heavy atom. The largest absolute Gasteiger partial charge is 0.271 e. The first-order valence-corrected chi connectivity index (χ1v) is 7.63. The van der Waals surface area contributed by atoms with Gasteiger partial charge in [0.25, 0.3) is 0 Å². The first kappa shape index (κ1) is 15.1. The van der Waals surface area contributed by atoms with Crippen molar-refractivity contribution in [3.8, 4) is 0 Å². The lowest BCUT2D eigenvalue weighted by Gasteiger charge is -2.43. The van der Waals surface area contributed by atoms with Crippen molar-refractivity contribution in [2.75, 3.05) is 0 Å². The third-order valence-corrected chi connectivity index (χ3v) is 5.32. The monoisotopic (exact) mass is 300 g/mol. The van der Waals surface area contributed by atoms with E-state index in [1.807, 2.05) is 18.2 Å². The molecule has 0 radical (unpaired) electrons. The number of halogens is 2. The molecule has 3 N–H and O–H groups in total. The molecule has 106 valence electrons. The minimum Gasteiger partial charge on any atom is -0.271 e. The van der Waals surface area contributed by atoms with Crippen LogP contribution in [0.4, 0.5) is 0 Å². The summed E-state index contributed by atoms with van der Waals surface area (Å²) >= 11 is 12.5. The molecule has 0 bridgehead atoms. The van der Waals surface area contributed by atoms with Crippen molar-refractivity contribution in [3.63, 3.8) is 0 Å². The zero-order chi connectivity index (χ0) is 14.0. The molecule has 0 amide bonds. The molecule has 2 unspecified atom stereocenters. The quantitative estimate of drug-likeness (QED) is 0.626. The van der Waals surface area contributed by atoms with Gasteiger partial charge in [-0.2, -0.15) is 0 Å². The fourth-order valence-corrected chi connectivity index (χ4v) is 3.75. The second-order valence-corrected chi connectivity index (χ2v) is 6.91. The number of benzene rings is 1. The van der Waals surface area contributed by atoms with Crippen molar-refractivity contribution in [1.29, 1.82) is 0 Å². The molecule has 0 saturated heterocycles. The summed E-state index contributed by atoms with van der Waals surface area (Å²) in [6.07, 6.45) is 4.95. The highest BCUT2D eigenvalue weighted by Gasteiger charge is 2.38. The highest BCUT2D eigenvalue weighted by Crippen LogP contribution is 2.48. The number of hydrogen-bond acceptors (Lipinski definition) is 2. The minimum atomic E-state index is 0.0569. The van der Waals surface area contributed by atoms with Gasteiger partial charge in [0.1, 0.15) is 0 Å². The Balaban J connectivity index is 2.36. The molecule has 0 spiro atoms. The minimum absolute atomic E-state index is 0.0569. The molecule has 1 saturated carbocycles. The molecule has 2 atom stereocenters. The molecule has 1 fully saturated rings. The molecular formula is C15H22Cl2N2. The third-order valence-electron chi connectivity index (χ3n) is 4.49. The Kier molecular flexibility index (Phi) is 4.78. The topological polar surface area (TPSA) is 38.0 Å². The summed E-state index contributed by atoms with van der Waals surface area (Å²) in [5.41, 5.74) is 4.24. The SMILES string of the molecule is CC1(C)CCCCC1C(NN)c1cccc(Cl)c1Cl. The summed E-state index contributed by atoms with van der Waals surface area (Å²) in [7, 11) is 0. The van der Waals surface area contributed by atoms with Crippen molar-refractivity contribution in [2.45, 2.75) is 45.6 Å². The first-order chi connectivity index (χ1) is 8.97. The van der Waals surface area contributed by atoms with Crippen molar-refractivity contribution in [3.05, 3.63) is 33.8 Å². The normalized spacial score (nSPS) is 24.2. The Hall–Kier alpha value is -0.280. The van der Waals surface area contributed by atoms with Gasteiger partial charge in [-0.3, -0.25) is 11.3 Å². The molecule has 0 heterocycles. The van der Waals surface area contributed by atoms with E-state index in [1.165, 1.54) is 25.7 Å². The van der Waals surface area contributed by atoms with E-state index in [4.69, 9.17) is 29.0 Å². The Labute approximate surface area is 125 Å². The average Bonchev–Trinajstić information content (AvgIpc) is 2.37. The zero-order valence-corrected chi connectivity index (χ0v) is 13.1. The van der Waals surface area contributed by atoms with Gasteiger partial charge in [-0.15, -0.1) is 0 Å². The predicted molar refractivity (Wildman–Crippen MR) is 82.3 cm³/mol. The standard InChI is InChI=1S/C15H22Cl2N2/c1-15(2)9-4-3-7-11(15)14(19-18)10-6-5-8-12(16)13(10)17/h5-6,8,11,14,19H,3-4,7,9,18H2,1-2H3. The number of nitrogens with one attached hydrogen (secondary N) is 1. The van der Waals surface area contributed by atoms with E-state index in [1.54, 1.807) is 0 Å². The second kappa shape index (κ2) is 6.01. The number of hydrazine groups is 1. The molecule has 2 nitrogen and oxygen atoms in total.